The van der Waals surface area contributed by atoms with Gasteiger partial charge in [-0.05, 0) is 30.3 Å². The van der Waals surface area contributed by atoms with Crippen LogP contribution in [0.3, 0.4) is 0 Å². The molecule has 0 bridgehead atoms. The summed E-state index contributed by atoms with van der Waals surface area (Å²) in [5.41, 5.74) is 4.29. The minimum atomic E-state index is -0.354. The van der Waals surface area contributed by atoms with Crippen molar-refractivity contribution in [1.29, 1.82) is 0 Å². The van der Waals surface area contributed by atoms with Crippen molar-refractivity contribution in [3.05, 3.63) is 47.4 Å². The Kier molecular flexibility index (Phi) is 3.03. The molecule has 1 aromatic carbocycles. The van der Waals surface area contributed by atoms with Crippen LogP contribution in [0.25, 0.3) is 11.3 Å². The van der Waals surface area contributed by atoms with Gasteiger partial charge in [0, 0.05) is 11.8 Å². The molecule has 82 valence electrons. The Morgan fingerprint density at radius 1 is 1.25 bits per heavy atom. The zero-order valence-electron chi connectivity index (χ0n) is 8.24. The lowest BCUT2D eigenvalue weighted by Gasteiger charge is -2.05. The molecule has 0 aliphatic rings. The highest BCUT2D eigenvalue weighted by Gasteiger charge is 2.06. The Morgan fingerprint density at radius 3 is 2.81 bits per heavy atom. The number of aromatic nitrogens is 1. The number of nitrogens with two attached hydrogens (primary N) is 1. The molecule has 0 aliphatic carbocycles. The maximum Gasteiger partial charge on any atom is 0.123 e. The summed E-state index contributed by atoms with van der Waals surface area (Å²) in [4.78, 5) is 4.11. The molecule has 0 saturated heterocycles. The monoisotopic (exact) mass is 237 g/mol. The van der Waals surface area contributed by atoms with Gasteiger partial charge in [0.05, 0.1) is 16.4 Å². The van der Waals surface area contributed by atoms with Gasteiger partial charge in [0.25, 0.3) is 0 Å². The maximum absolute atomic E-state index is 13.1. The van der Waals surface area contributed by atoms with Gasteiger partial charge in [-0.15, -0.1) is 0 Å². The highest BCUT2D eigenvalue weighted by molar-refractivity contribution is 6.33. The number of rotatable bonds is 2. The molecule has 1 heterocycles. The van der Waals surface area contributed by atoms with Crippen molar-refractivity contribution in [3.8, 4) is 11.3 Å². The van der Waals surface area contributed by atoms with Crippen molar-refractivity contribution in [2.24, 2.45) is 5.84 Å². The molecular weight excluding hydrogens is 229 g/mol. The summed E-state index contributed by atoms with van der Waals surface area (Å²) in [5.74, 6) is 4.93. The third-order valence-electron chi connectivity index (χ3n) is 2.13. The highest BCUT2D eigenvalue weighted by Crippen LogP contribution is 2.28. The highest BCUT2D eigenvalue weighted by atomic mass is 35.5. The van der Waals surface area contributed by atoms with Crippen LogP contribution in [-0.4, -0.2) is 4.98 Å². The van der Waals surface area contributed by atoms with Crippen LogP contribution in [0.2, 0.25) is 5.02 Å². The van der Waals surface area contributed by atoms with Gasteiger partial charge in [-0.2, -0.15) is 0 Å². The average molecular weight is 238 g/mol. The van der Waals surface area contributed by atoms with Gasteiger partial charge >= 0.3 is 0 Å². The van der Waals surface area contributed by atoms with Crippen molar-refractivity contribution < 1.29 is 4.39 Å². The first-order chi connectivity index (χ1) is 7.70. The number of hydrogen-bond acceptors (Lipinski definition) is 3. The SMILES string of the molecule is NNc1ccnc(-c2cc(F)ccc2Cl)c1. The summed E-state index contributed by atoms with van der Waals surface area (Å²) >= 11 is 5.97. The van der Waals surface area contributed by atoms with E-state index in [-0.39, 0.29) is 5.82 Å². The van der Waals surface area contributed by atoms with E-state index in [0.29, 0.717) is 22.0 Å². The molecule has 2 rings (SSSR count). The summed E-state index contributed by atoms with van der Waals surface area (Å²) in [5, 5.41) is 0.447. The Labute approximate surface area is 97.0 Å². The normalized spacial score (nSPS) is 10.2. The number of pyridine rings is 1. The van der Waals surface area contributed by atoms with E-state index in [2.05, 4.69) is 10.4 Å². The molecular formula is C11H9ClFN3. The van der Waals surface area contributed by atoms with Gasteiger partial charge in [-0.3, -0.25) is 10.8 Å². The van der Waals surface area contributed by atoms with Gasteiger partial charge in [-0.25, -0.2) is 4.39 Å². The molecule has 3 nitrogen and oxygen atoms in total. The standard InChI is InChI=1S/C11H9ClFN3/c12-10-2-1-7(13)5-9(10)11-6-8(16-14)3-4-15-11/h1-6H,14H2,(H,15,16). The van der Waals surface area contributed by atoms with Gasteiger partial charge in [0.2, 0.25) is 0 Å². The minimum Gasteiger partial charge on any atom is -0.324 e. The molecule has 0 atom stereocenters. The summed E-state index contributed by atoms with van der Waals surface area (Å²) in [7, 11) is 0. The minimum absolute atomic E-state index is 0.354. The van der Waals surface area contributed by atoms with Crippen molar-refractivity contribution in [3.63, 3.8) is 0 Å². The topological polar surface area (TPSA) is 50.9 Å². The summed E-state index contributed by atoms with van der Waals surface area (Å²) < 4.78 is 13.1. The lowest BCUT2D eigenvalue weighted by atomic mass is 10.1. The molecule has 0 aliphatic heterocycles. The van der Waals surface area contributed by atoms with E-state index >= 15 is 0 Å². The van der Waals surface area contributed by atoms with E-state index in [4.69, 9.17) is 17.4 Å². The second-order valence-electron chi connectivity index (χ2n) is 3.20. The zero-order chi connectivity index (χ0) is 11.5. The number of nitrogen functional groups attached to an aromatic ring is 1. The summed E-state index contributed by atoms with van der Waals surface area (Å²) in [6.07, 6.45) is 1.58. The summed E-state index contributed by atoms with van der Waals surface area (Å²) in [6, 6.07) is 7.54. The lowest BCUT2D eigenvalue weighted by Crippen LogP contribution is -2.06. The fraction of sp³-hybridized carbons (Fsp3) is 0. The molecule has 0 unspecified atom stereocenters. The second-order valence-corrected chi connectivity index (χ2v) is 3.61. The number of halogens is 2. The average Bonchev–Trinajstić information content (AvgIpc) is 2.32. The zero-order valence-corrected chi connectivity index (χ0v) is 9.00. The first-order valence-corrected chi connectivity index (χ1v) is 4.96. The number of hydrogen-bond donors (Lipinski definition) is 2. The van der Waals surface area contributed by atoms with Crippen LogP contribution in [-0.2, 0) is 0 Å². The second kappa shape index (κ2) is 4.47. The van der Waals surface area contributed by atoms with E-state index in [1.165, 1.54) is 18.2 Å². The molecule has 0 amide bonds. The number of benzene rings is 1. The van der Waals surface area contributed by atoms with Crippen LogP contribution in [0.5, 0.6) is 0 Å². The predicted octanol–water partition coefficient (Wildman–Crippen LogP) is 2.83. The molecule has 16 heavy (non-hydrogen) atoms. The van der Waals surface area contributed by atoms with E-state index in [9.17, 15) is 4.39 Å². The Bertz CT molecular complexity index is 516. The van der Waals surface area contributed by atoms with Crippen molar-refractivity contribution in [2.75, 3.05) is 5.43 Å². The summed E-state index contributed by atoms with van der Waals surface area (Å²) in [6.45, 7) is 0. The molecule has 3 N–H and O–H groups in total. The van der Waals surface area contributed by atoms with Crippen molar-refractivity contribution in [1.82, 2.24) is 4.98 Å². The van der Waals surface area contributed by atoms with E-state index < -0.39 is 0 Å². The number of nitrogens with zero attached hydrogens (tertiary/aromatic N) is 1. The molecule has 0 saturated carbocycles. The number of hydrazine groups is 1. The van der Waals surface area contributed by atoms with Crippen LogP contribution in [0.4, 0.5) is 10.1 Å². The predicted molar refractivity (Wildman–Crippen MR) is 62.5 cm³/mol. The van der Waals surface area contributed by atoms with E-state index in [1.54, 1.807) is 18.3 Å². The fourth-order valence-corrected chi connectivity index (χ4v) is 1.58. The van der Waals surface area contributed by atoms with E-state index in [1.807, 2.05) is 0 Å². The number of anilines is 1. The first-order valence-electron chi connectivity index (χ1n) is 4.59. The van der Waals surface area contributed by atoms with Crippen molar-refractivity contribution in [2.45, 2.75) is 0 Å². The largest absolute Gasteiger partial charge is 0.324 e. The maximum atomic E-state index is 13.1. The van der Waals surface area contributed by atoms with Gasteiger partial charge in [0.1, 0.15) is 5.82 Å². The lowest BCUT2D eigenvalue weighted by molar-refractivity contribution is 0.628. The van der Waals surface area contributed by atoms with Crippen LogP contribution in [0.1, 0.15) is 0 Å². The van der Waals surface area contributed by atoms with Crippen LogP contribution >= 0.6 is 11.6 Å². The third kappa shape index (κ3) is 2.13. The molecule has 5 heteroatoms. The fourth-order valence-electron chi connectivity index (χ4n) is 1.36. The van der Waals surface area contributed by atoms with Crippen LogP contribution < -0.4 is 11.3 Å². The molecule has 0 radical (unpaired) electrons. The molecule has 1 aromatic heterocycles. The van der Waals surface area contributed by atoms with Gasteiger partial charge < -0.3 is 5.43 Å². The third-order valence-corrected chi connectivity index (χ3v) is 2.46. The van der Waals surface area contributed by atoms with Crippen LogP contribution in [0, 0.1) is 5.82 Å². The Morgan fingerprint density at radius 2 is 2.06 bits per heavy atom. The van der Waals surface area contributed by atoms with Crippen molar-refractivity contribution >= 4 is 17.3 Å². The smallest absolute Gasteiger partial charge is 0.123 e. The molecule has 0 fully saturated rings. The quantitative estimate of drug-likeness (QED) is 0.624. The van der Waals surface area contributed by atoms with E-state index in [0.717, 1.165) is 0 Å². The van der Waals surface area contributed by atoms with Gasteiger partial charge in [0.15, 0.2) is 0 Å². The Balaban J connectivity index is 2.53. The number of nitrogens with one attached hydrogen (secondary N) is 1. The molecule has 0 spiro atoms. The Hall–Kier alpha value is -1.65. The van der Waals surface area contributed by atoms with Crippen LogP contribution in [0.15, 0.2) is 36.5 Å². The van der Waals surface area contributed by atoms with Gasteiger partial charge in [-0.1, -0.05) is 11.6 Å². The first kappa shape index (κ1) is 10.9. The molecule has 2 aromatic rings.